The van der Waals surface area contributed by atoms with E-state index < -0.39 is 22.0 Å². The maximum absolute atomic E-state index is 13.0. The third-order valence-electron chi connectivity index (χ3n) is 4.60. The van der Waals surface area contributed by atoms with Gasteiger partial charge in [-0.25, -0.2) is 8.42 Å². The molecule has 3 aromatic carbocycles. The monoisotopic (exact) mass is 458 g/mol. The molecule has 1 N–H and O–H groups in total. The Morgan fingerprint density at radius 2 is 1.81 bits per heavy atom. The number of ether oxygens (including phenoxy) is 2. The van der Waals surface area contributed by atoms with Crippen LogP contribution in [0.3, 0.4) is 0 Å². The fourth-order valence-electron chi connectivity index (χ4n) is 3.16. The molecule has 1 aliphatic rings. The summed E-state index contributed by atoms with van der Waals surface area (Å²) in [6.45, 7) is -0.181. The lowest BCUT2D eigenvalue weighted by molar-refractivity contribution is -0.122. The number of nitrogens with one attached hydrogen (secondary N) is 1. The number of nitrogens with zero attached hydrogens (tertiary/aromatic N) is 1. The molecule has 1 aliphatic heterocycles. The van der Waals surface area contributed by atoms with Gasteiger partial charge in [-0.15, -0.1) is 0 Å². The second-order valence-electron chi connectivity index (χ2n) is 6.91. The van der Waals surface area contributed by atoms with Gasteiger partial charge in [0, 0.05) is 5.02 Å². The molecule has 1 atom stereocenters. The highest BCUT2D eigenvalue weighted by atomic mass is 35.5. The Bertz CT molecular complexity index is 1220. The molecule has 0 aliphatic carbocycles. The second kappa shape index (κ2) is 8.49. The van der Waals surface area contributed by atoms with Gasteiger partial charge in [0.25, 0.3) is 5.91 Å². The summed E-state index contributed by atoms with van der Waals surface area (Å²) in [5.41, 5.74) is 0.736. The molecule has 9 heteroatoms. The first-order chi connectivity index (χ1) is 14.8. The summed E-state index contributed by atoms with van der Waals surface area (Å²) >= 11 is 6.01. The molecule has 0 saturated heterocycles. The van der Waals surface area contributed by atoms with Crippen molar-refractivity contribution in [3.63, 3.8) is 0 Å². The van der Waals surface area contributed by atoms with E-state index in [0.717, 1.165) is 10.6 Å². The van der Waals surface area contributed by atoms with E-state index in [1.165, 1.54) is 6.07 Å². The number of benzene rings is 3. The fraction of sp³-hybridized carbons (Fsp3) is 0.136. The average molecular weight is 459 g/mol. The number of anilines is 2. The van der Waals surface area contributed by atoms with Gasteiger partial charge in [0.05, 0.1) is 24.2 Å². The van der Waals surface area contributed by atoms with E-state index in [2.05, 4.69) is 5.32 Å². The van der Waals surface area contributed by atoms with Crippen LogP contribution in [0.5, 0.6) is 17.2 Å². The topological polar surface area (TPSA) is 84.9 Å². The Balaban J connectivity index is 1.58. The van der Waals surface area contributed by atoms with Crippen LogP contribution in [0.15, 0.2) is 72.8 Å². The van der Waals surface area contributed by atoms with E-state index in [4.69, 9.17) is 21.1 Å². The van der Waals surface area contributed by atoms with E-state index in [-0.39, 0.29) is 12.3 Å². The highest BCUT2D eigenvalue weighted by Gasteiger charge is 2.35. The van der Waals surface area contributed by atoms with Crippen LogP contribution >= 0.6 is 11.6 Å². The lowest BCUT2D eigenvalue weighted by Gasteiger charge is -2.34. The van der Waals surface area contributed by atoms with Crippen molar-refractivity contribution in [2.24, 2.45) is 0 Å². The van der Waals surface area contributed by atoms with Crippen molar-refractivity contribution in [1.82, 2.24) is 0 Å². The molecule has 0 saturated carbocycles. The predicted molar refractivity (Wildman–Crippen MR) is 120 cm³/mol. The minimum atomic E-state index is -3.65. The van der Waals surface area contributed by atoms with Gasteiger partial charge in [-0.2, -0.15) is 0 Å². The molecule has 1 amide bonds. The number of rotatable bonds is 5. The summed E-state index contributed by atoms with van der Waals surface area (Å²) in [5, 5.41) is 3.14. The van der Waals surface area contributed by atoms with Crippen LogP contribution in [0.25, 0.3) is 0 Å². The molecular formula is C22H19ClN2O5S. The van der Waals surface area contributed by atoms with Crippen LogP contribution in [-0.2, 0) is 14.8 Å². The number of halogens is 1. The summed E-state index contributed by atoms with van der Waals surface area (Å²) in [6, 6.07) is 20.7. The van der Waals surface area contributed by atoms with Crippen molar-refractivity contribution < 1.29 is 22.7 Å². The Kier molecular flexibility index (Phi) is 5.75. The highest BCUT2D eigenvalue weighted by molar-refractivity contribution is 7.92. The molecule has 0 spiro atoms. The molecule has 7 nitrogen and oxygen atoms in total. The molecule has 160 valence electrons. The van der Waals surface area contributed by atoms with Crippen molar-refractivity contribution in [1.29, 1.82) is 0 Å². The van der Waals surface area contributed by atoms with Gasteiger partial charge in [0.2, 0.25) is 10.0 Å². The van der Waals surface area contributed by atoms with E-state index in [9.17, 15) is 13.2 Å². The number of hydrogen-bond donors (Lipinski definition) is 1. The van der Waals surface area contributed by atoms with E-state index in [1.54, 1.807) is 48.5 Å². The average Bonchev–Trinajstić information content (AvgIpc) is 2.74. The minimum absolute atomic E-state index is 0.181. The van der Waals surface area contributed by atoms with Gasteiger partial charge in [0.1, 0.15) is 11.5 Å². The number of amides is 1. The van der Waals surface area contributed by atoms with E-state index in [1.807, 2.05) is 18.2 Å². The quantitative estimate of drug-likeness (QED) is 0.616. The van der Waals surface area contributed by atoms with Crippen LogP contribution in [-0.4, -0.2) is 33.2 Å². The van der Waals surface area contributed by atoms with E-state index in [0.29, 0.717) is 27.9 Å². The molecule has 0 radical (unpaired) electrons. The maximum Gasteiger partial charge on any atom is 0.267 e. The molecule has 4 rings (SSSR count). The number of carbonyl (C=O) groups is 1. The second-order valence-corrected chi connectivity index (χ2v) is 9.26. The van der Waals surface area contributed by atoms with Gasteiger partial charge in [0.15, 0.2) is 11.9 Å². The van der Waals surface area contributed by atoms with Crippen molar-refractivity contribution in [3.05, 3.63) is 77.8 Å². The molecule has 0 aromatic heterocycles. The summed E-state index contributed by atoms with van der Waals surface area (Å²) < 4.78 is 37.4. The molecule has 3 aromatic rings. The van der Waals surface area contributed by atoms with Crippen LogP contribution < -0.4 is 19.1 Å². The van der Waals surface area contributed by atoms with Crippen LogP contribution in [0.4, 0.5) is 11.4 Å². The van der Waals surface area contributed by atoms with Crippen LogP contribution in [0, 0.1) is 0 Å². The first-order valence-electron chi connectivity index (χ1n) is 9.38. The van der Waals surface area contributed by atoms with Gasteiger partial charge >= 0.3 is 0 Å². The van der Waals surface area contributed by atoms with Crippen LogP contribution in [0.2, 0.25) is 5.02 Å². The molecule has 0 unspecified atom stereocenters. The first kappa shape index (κ1) is 21.0. The molecule has 0 fully saturated rings. The number of carbonyl (C=O) groups excluding carboxylic acids is 1. The Morgan fingerprint density at radius 3 is 2.55 bits per heavy atom. The molecular weight excluding hydrogens is 440 g/mol. The van der Waals surface area contributed by atoms with Gasteiger partial charge in [-0.05, 0) is 42.5 Å². The Morgan fingerprint density at radius 1 is 1.10 bits per heavy atom. The summed E-state index contributed by atoms with van der Waals surface area (Å²) in [6.07, 6.45) is 0.00854. The van der Waals surface area contributed by atoms with Gasteiger partial charge < -0.3 is 14.8 Å². The predicted octanol–water partition coefficient (Wildman–Crippen LogP) is 4.30. The Labute approximate surface area is 185 Å². The lowest BCUT2D eigenvalue weighted by Crippen LogP contribution is -2.48. The number of sulfonamides is 1. The Hall–Kier alpha value is -3.23. The first-order valence-corrected chi connectivity index (χ1v) is 11.6. The summed E-state index contributed by atoms with van der Waals surface area (Å²) in [7, 11) is -3.65. The van der Waals surface area contributed by atoms with Crippen molar-refractivity contribution >= 4 is 38.9 Å². The largest absolute Gasteiger partial charge is 0.476 e. The molecule has 1 heterocycles. The van der Waals surface area contributed by atoms with Crippen LogP contribution in [0.1, 0.15) is 0 Å². The third kappa shape index (κ3) is 4.76. The number of hydrogen-bond acceptors (Lipinski definition) is 5. The number of fused-ring (bicyclic) bond motifs is 1. The fourth-order valence-corrected chi connectivity index (χ4v) is 4.24. The van der Waals surface area contributed by atoms with Crippen molar-refractivity contribution in [2.45, 2.75) is 6.10 Å². The zero-order chi connectivity index (χ0) is 22.0. The van der Waals surface area contributed by atoms with Crippen molar-refractivity contribution in [2.75, 3.05) is 22.4 Å². The van der Waals surface area contributed by atoms with Crippen molar-refractivity contribution in [3.8, 4) is 17.2 Å². The van der Waals surface area contributed by atoms with E-state index >= 15 is 0 Å². The summed E-state index contributed by atoms with van der Waals surface area (Å²) in [4.78, 5) is 13.0. The smallest absolute Gasteiger partial charge is 0.267 e. The van der Waals surface area contributed by atoms with Gasteiger partial charge in [-0.3, -0.25) is 9.10 Å². The molecule has 0 bridgehead atoms. The standard InChI is InChI=1S/C22H19ClN2O5S/c1-31(27,28)25-14-21(30-20-12-11-15(23)13-18(20)25)22(26)24-17-9-5-6-10-19(17)29-16-7-3-2-4-8-16/h2-13,21H,14H2,1H3,(H,24,26)/t21-/m0/s1. The normalized spacial score (nSPS) is 15.5. The lowest BCUT2D eigenvalue weighted by atomic mass is 10.2. The summed E-state index contributed by atoms with van der Waals surface area (Å²) in [5.74, 6) is 0.825. The SMILES string of the molecule is CS(=O)(=O)N1C[C@@H](C(=O)Nc2ccccc2Oc2ccccc2)Oc2ccc(Cl)cc21. The highest BCUT2D eigenvalue weighted by Crippen LogP contribution is 2.37. The third-order valence-corrected chi connectivity index (χ3v) is 5.98. The molecule has 31 heavy (non-hydrogen) atoms. The van der Waals surface area contributed by atoms with Gasteiger partial charge in [-0.1, -0.05) is 41.9 Å². The zero-order valence-electron chi connectivity index (χ0n) is 16.5. The number of para-hydroxylation sites is 3. The maximum atomic E-state index is 13.0. The zero-order valence-corrected chi connectivity index (χ0v) is 18.1. The minimum Gasteiger partial charge on any atom is -0.476 e.